The molecule has 3 aromatic rings. The summed E-state index contributed by atoms with van der Waals surface area (Å²) < 4.78 is 32.0. The molecule has 204 valence electrons. The van der Waals surface area contributed by atoms with E-state index in [2.05, 4.69) is 10.2 Å². The van der Waals surface area contributed by atoms with E-state index in [1.165, 1.54) is 0 Å². The number of carbonyl (C=O) groups is 1. The van der Waals surface area contributed by atoms with Crippen LogP contribution in [0.2, 0.25) is 0 Å². The fraction of sp³-hybridized carbons (Fsp3) is 0.500. The maximum atomic E-state index is 13.6. The quantitative estimate of drug-likeness (QED) is 0.537. The highest BCUT2D eigenvalue weighted by molar-refractivity contribution is 7.89. The molecular formula is C28H37N5O4S. The molecule has 1 amide bonds. The molecule has 38 heavy (non-hydrogen) atoms. The van der Waals surface area contributed by atoms with Crippen molar-refractivity contribution in [3.8, 4) is 0 Å². The highest BCUT2D eigenvalue weighted by Crippen LogP contribution is 2.46. The molecular weight excluding hydrogens is 502 g/mol. The molecule has 2 fully saturated rings. The second-order valence-electron chi connectivity index (χ2n) is 11.6. The van der Waals surface area contributed by atoms with Crippen LogP contribution in [0, 0.1) is 5.41 Å². The molecule has 0 unspecified atom stereocenters. The number of amides is 1. The molecule has 0 atom stereocenters. The molecule has 2 saturated heterocycles. The number of fused-ring (bicyclic) bond motifs is 1. The molecule has 0 saturated carbocycles. The first-order valence-electron chi connectivity index (χ1n) is 13.2. The van der Waals surface area contributed by atoms with Crippen LogP contribution < -0.4 is 11.0 Å². The summed E-state index contributed by atoms with van der Waals surface area (Å²) >= 11 is 0. The molecule has 1 spiro atoms. The van der Waals surface area contributed by atoms with Crippen molar-refractivity contribution in [1.82, 2.24) is 18.3 Å². The fourth-order valence-corrected chi connectivity index (χ4v) is 7.95. The predicted octanol–water partition coefficient (Wildman–Crippen LogP) is 3.16. The fourth-order valence-electron chi connectivity index (χ4n) is 6.01. The van der Waals surface area contributed by atoms with E-state index in [4.69, 9.17) is 0 Å². The number of hydrogen-bond donors (Lipinski definition) is 1. The second kappa shape index (κ2) is 9.66. The van der Waals surface area contributed by atoms with Gasteiger partial charge in [0, 0.05) is 31.9 Å². The summed E-state index contributed by atoms with van der Waals surface area (Å²) in [5, 5.41) is 2.97. The molecule has 10 heteroatoms. The van der Waals surface area contributed by atoms with Crippen molar-refractivity contribution in [2.45, 2.75) is 50.0 Å². The summed E-state index contributed by atoms with van der Waals surface area (Å²) in [6.07, 6.45) is 3.51. The first kappa shape index (κ1) is 26.6. The summed E-state index contributed by atoms with van der Waals surface area (Å²) in [7, 11) is -0.147. The molecule has 9 nitrogen and oxygen atoms in total. The third-order valence-corrected chi connectivity index (χ3v) is 10.7. The highest BCUT2D eigenvalue weighted by Gasteiger charge is 2.49. The number of likely N-dealkylation sites (tertiary alicyclic amines) is 1. The summed E-state index contributed by atoms with van der Waals surface area (Å²) in [5.74, 6) is -0.0979. The van der Waals surface area contributed by atoms with Gasteiger partial charge < -0.3 is 5.32 Å². The molecule has 2 aliphatic heterocycles. The van der Waals surface area contributed by atoms with Crippen molar-refractivity contribution in [3.63, 3.8) is 0 Å². The third-order valence-electron chi connectivity index (χ3n) is 8.59. The monoisotopic (exact) mass is 539 g/mol. The van der Waals surface area contributed by atoms with E-state index in [1.807, 2.05) is 38.1 Å². The Hall–Kier alpha value is -2.95. The number of aryl methyl sites for hydroxylation is 2. The lowest BCUT2D eigenvalue weighted by atomic mass is 9.69. The number of nitrogens with zero attached hydrogens (tertiary/aromatic N) is 4. The molecule has 3 heterocycles. The van der Waals surface area contributed by atoms with Gasteiger partial charge in [0.05, 0.1) is 22.5 Å². The first-order valence-corrected chi connectivity index (χ1v) is 14.6. The SMILES string of the molecule is Cn1c(=O)n(C)c2cc(NC(=O)CN3CCC4(CC3)CCC(C)(C)N(S(=O)(=O)c3ccccc3)C4)ccc21. The maximum Gasteiger partial charge on any atom is 0.328 e. The topological polar surface area (TPSA) is 96.7 Å². The summed E-state index contributed by atoms with van der Waals surface area (Å²) in [6, 6.07) is 14.2. The van der Waals surface area contributed by atoms with E-state index >= 15 is 0 Å². The Labute approximate surface area is 224 Å². The van der Waals surface area contributed by atoms with Gasteiger partial charge in [0.1, 0.15) is 0 Å². The van der Waals surface area contributed by atoms with Gasteiger partial charge in [-0.1, -0.05) is 18.2 Å². The lowest BCUT2D eigenvalue weighted by Gasteiger charge is -2.53. The summed E-state index contributed by atoms with van der Waals surface area (Å²) in [5.41, 5.74) is 1.62. The van der Waals surface area contributed by atoms with Crippen molar-refractivity contribution in [2.24, 2.45) is 19.5 Å². The van der Waals surface area contributed by atoms with Gasteiger partial charge in [-0.25, -0.2) is 13.2 Å². The minimum absolute atomic E-state index is 0.0759. The van der Waals surface area contributed by atoms with Gasteiger partial charge in [-0.15, -0.1) is 0 Å². The van der Waals surface area contributed by atoms with E-state index in [-0.39, 0.29) is 23.6 Å². The van der Waals surface area contributed by atoms with Crippen LogP contribution >= 0.6 is 0 Å². The van der Waals surface area contributed by atoms with E-state index < -0.39 is 15.6 Å². The van der Waals surface area contributed by atoms with Crippen LogP contribution in [-0.4, -0.2) is 64.4 Å². The van der Waals surface area contributed by atoms with Crippen LogP contribution in [0.3, 0.4) is 0 Å². The average molecular weight is 540 g/mol. The Morgan fingerprint density at radius 2 is 1.58 bits per heavy atom. The van der Waals surface area contributed by atoms with Gasteiger partial charge in [-0.2, -0.15) is 4.31 Å². The van der Waals surface area contributed by atoms with Crippen LogP contribution in [-0.2, 0) is 28.9 Å². The standard InChI is InChI=1S/C28H37N5O4S/c1-27(2)12-13-28(20-33(27)38(36,37)22-8-6-5-7-9-22)14-16-32(17-15-28)19-25(34)29-21-10-11-23-24(18-21)31(4)26(35)30(23)3/h5-11,18H,12-17,19-20H2,1-4H3,(H,29,34). The normalized spacial score (nSPS) is 20.1. The number of piperidine rings is 2. The minimum atomic E-state index is -3.60. The van der Waals surface area contributed by atoms with E-state index in [9.17, 15) is 18.0 Å². The van der Waals surface area contributed by atoms with Crippen LogP contribution in [0.1, 0.15) is 39.5 Å². The maximum absolute atomic E-state index is 13.6. The van der Waals surface area contributed by atoms with Gasteiger partial charge in [-0.05, 0) is 88.4 Å². The Kier molecular flexibility index (Phi) is 6.77. The van der Waals surface area contributed by atoms with E-state index in [1.54, 1.807) is 51.8 Å². The third kappa shape index (κ3) is 4.81. The van der Waals surface area contributed by atoms with Crippen LogP contribution in [0.15, 0.2) is 58.2 Å². The average Bonchev–Trinajstić information content (AvgIpc) is 3.11. The molecule has 0 bridgehead atoms. The van der Waals surface area contributed by atoms with Gasteiger partial charge in [0.2, 0.25) is 15.9 Å². The van der Waals surface area contributed by atoms with Crippen LogP contribution in [0.4, 0.5) is 5.69 Å². The lowest BCUT2D eigenvalue weighted by Crippen LogP contribution is -2.59. The van der Waals surface area contributed by atoms with Crippen molar-refractivity contribution in [3.05, 3.63) is 59.0 Å². The Morgan fingerprint density at radius 3 is 2.26 bits per heavy atom. The number of sulfonamides is 1. The van der Waals surface area contributed by atoms with Crippen molar-refractivity contribution in [2.75, 3.05) is 31.5 Å². The smallest absolute Gasteiger partial charge is 0.325 e. The van der Waals surface area contributed by atoms with Gasteiger partial charge in [0.25, 0.3) is 0 Å². The molecule has 1 N–H and O–H groups in total. The highest BCUT2D eigenvalue weighted by atomic mass is 32.2. The summed E-state index contributed by atoms with van der Waals surface area (Å²) in [4.78, 5) is 27.5. The van der Waals surface area contributed by atoms with Crippen LogP contribution in [0.25, 0.3) is 11.0 Å². The number of nitrogens with one attached hydrogen (secondary N) is 1. The number of aromatic nitrogens is 2. The van der Waals surface area contributed by atoms with E-state index in [0.29, 0.717) is 17.1 Å². The molecule has 0 aliphatic carbocycles. The zero-order chi connectivity index (χ0) is 27.3. The Bertz CT molecular complexity index is 1520. The Balaban J connectivity index is 1.22. The van der Waals surface area contributed by atoms with Crippen molar-refractivity contribution >= 4 is 32.7 Å². The minimum Gasteiger partial charge on any atom is -0.325 e. The first-order chi connectivity index (χ1) is 17.9. The number of carbonyl (C=O) groups excluding carboxylic acids is 1. The second-order valence-corrected chi connectivity index (χ2v) is 13.4. The number of imidazole rings is 1. The Morgan fingerprint density at radius 1 is 0.921 bits per heavy atom. The molecule has 5 rings (SSSR count). The van der Waals surface area contributed by atoms with Crippen molar-refractivity contribution < 1.29 is 13.2 Å². The molecule has 2 aliphatic rings. The van der Waals surface area contributed by atoms with Gasteiger partial charge in [0.15, 0.2) is 0 Å². The zero-order valence-electron chi connectivity index (χ0n) is 22.6. The number of rotatable bonds is 5. The largest absolute Gasteiger partial charge is 0.328 e. The zero-order valence-corrected chi connectivity index (χ0v) is 23.4. The number of benzene rings is 2. The number of anilines is 1. The summed E-state index contributed by atoms with van der Waals surface area (Å²) in [6.45, 7) is 6.32. The molecule has 1 aromatic heterocycles. The van der Waals surface area contributed by atoms with E-state index in [0.717, 1.165) is 49.8 Å². The van der Waals surface area contributed by atoms with Gasteiger partial charge in [-0.3, -0.25) is 18.8 Å². The van der Waals surface area contributed by atoms with Crippen molar-refractivity contribution in [1.29, 1.82) is 0 Å². The van der Waals surface area contributed by atoms with Crippen LogP contribution in [0.5, 0.6) is 0 Å². The predicted molar refractivity (Wildman–Crippen MR) is 149 cm³/mol. The lowest BCUT2D eigenvalue weighted by molar-refractivity contribution is -0.118. The number of hydrogen-bond acceptors (Lipinski definition) is 5. The van der Waals surface area contributed by atoms with Gasteiger partial charge >= 0.3 is 5.69 Å². The molecule has 2 aromatic carbocycles. The molecule has 0 radical (unpaired) electrons.